The lowest BCUT2D eigenvalue weighted by Crippen LogP contribution is -2.28. The standard InChI is InChI=1S/C25H14ClF5N2OS/c1-13-2-3-14(6-20(13)26)16-7-23(35-12-16)22-9-19(25(29,30)31)18(10-32)24(34)33(22)11-15-4-5-17(27)8-21(15)28/h2-9,12H,11H2,1H3. The molecule has 2 aromatic heterocycles. The summed E-state index contributed by atoms with van der Waals surface area (Å²) in [5.41, 5.74) is -1.78. The summed E-state index contributed by atoms with van der Waals surface area (Å²) < 4.78 is 69.7. The molecule has 0 unspecified atom stereocenters. The second-order valence-electron chi connectivity index (χ2n) is 7.72. The number of hydrogen-bond donors (Lipinski definition) is 0. The first kappa shape index (κ1) is 24.6. The maximum absolute atomic E-state index is 14.3. The van der Waals surface area contributed by atoms with Crippen molar-refractivity contribution in [2.45, 2.75) is 19.6 Å². The van der Waals surface area contributed by atoms with Crippen LogP contribution in [0.5, 0.6) is 0 Å². The second-order valence-corrected chi connectivity index (χ2v) is 9.04. The molecule has 0 fully saturated rings. The van der Waals surface area contributed by atoms with E-state index in [0.717, 1.165) is 33.6 Å². The Morgan fingerprint density at radius 3 is 2.43 bits per heavy atom. The van der Waals surface area contributed by atoms with Crippen molar-refractivity contribution in [1.29, 1.82) is 5.26 Å². The summed E-state index contributed by atoms with van der Waals surface area (Å²) in [6.07, 6.45) is -4.97. The molecule has 0 saturated carbocycles. The van der Waals surface area contributed by atoms with Gasteiger partial charge >= 0.3 is 6.18 Å². The smallest absolute Gasteiger partial charge is 0.302 e. The molecule has 0 N–H and O–H groups in total. The van der Waals surface area contributed by atoms with Crippen molar-refractivity contribution < 1.29 is 22.0 Å². The summed E-state index contributed by atoms with van der Waals surface area (Å²) >= 11 is 7.27. The van der Waals surface area contributed by atoms with Gasteiger partial charge in [0.05, 0.1) is 22.7 Å². The molecule has 0 aliphatic carbocycles. The Balaban J connectivity index is 1.93. The number of alkyl halides is 3. The summed E-state index contributed by atoms with van der Waals surface area (Å²) in [6.45, 7) is 1.32. The molecule has 35 heavy (non-hydrogen) atoms. The minimum atomic E-state index is -4.97. The molecule has 4 aromatic rings. The van der Waals surface area contributed by atoms with Gasteiger partial charge in [-0.1, -0.05) is 29.8 Å². The summed E-state index contributed by atoms with van der Waals surface area (Å²) in [5.74, 6) is -1.81. The van der Waals surface area contributed by atoms with Gasteiger partial charge in [-0.15, -0.1) is 11.3 Å². The first-order valence-corrected chi connectivity index (χ1v) is 11.3. The fraction of sp³-hybridized carbons (Fsp3) is 0.120. The highest BCUT2D eigenvalue weighted by Crippen LogP contribution is 2.38. The highest BCUT2D eigenvalue weighted by Gasteiger charge is 2.36. The number of thiophene rings is 1. The molecule has 178 valence electrons. The molecule has 0 aliphatic heterocycles. The molecule has 3 nitrogen and oxygen atoms in total. The van der Waals surface area contributed by atoms with Crippen LogP contribution in [-0.2, 0) is 12.7 Å². The lowest BCUT2D eigenvalue weighted by Gasteiger charge is -2.17. The van der Waals surface area contributed by atoms with Gasteiger partial charge in [0.2, 0.25) is 0 Å². The average molecular weight is 521 g/mol. The van der Waals surface area contributed by atoms with Crippen molar-refractivity contribution in [2.24, 2.45) is 0 Å². The third-order valence-electron chi connectivity index (χ3n) is 5.42. The Morgan fingerprint density at radius 1 is 1.06 bits per heavy atom. The molecule has 4 rings (SSSR count). The second kappa shape index (κ2) is 9.29. The Kier molecular flexibility index (Phi) is 6.54. The molecule has 2 aromatic carbocycles. The van der Waals surface area contributed by atoms with E-state index in [-0.39, 0.29) is 16.1 Å². The fourth-order valence-electron chi connectivity index (χ4n) is 3.55. The maximum Gasteiger partial charge on any atom is 0.417 e. The number of rotatable bonds is 4. The number of nitriles is 1. The predicted octanol–water partition coefficient (Wildman–Crippen LogP) is 7.42. The lowest BCUT2D eigenvalue weighted by molar-refractivity contribution is -0.137. The molecule has 0 aliphatic rings. The number of halogens is 6. The molecule has 0 spiro atoms. The van der Waals surface area contributed by atoms with Gasteiger partial charge < -0.3 is 4.57 Å². The van der Waals surface area contributed by atoms with Crippen molar-refractivity contribution in [2.75, 3.05) is 0 Å². The minimum absolute atomic E-state index is 0.125. The largest absolute Gasteiger partial charge is 0.417 e. The monoisotopic (exact) mass is 520 g/mol. The van der Waals surface area contributed by atoms with E-state index in [4.69, 9.17) is 11.6 Å². The van der Waals surface area contributed by atoms with Crippen LogP contribution in [0.25, 0.3) is 21.7 Å². The van der Waals surface area contributed by atoms with Gasteiger partial charge in [0.25, 0.3) is 5.56 Å². The first-order valence-electron chi connectivity index (χ1n) is 10.0. The van der Waals surface area contributed by atoms with Crippen molar-refractivity contribution in [1.82, 2.24) is 4.57 Å². The summed E-state index contributed by atoms with van der Waals surface area (Å²) in [4.78, 5) is 13.3. The van der Waals surface area contributed by atoms with Crippen LogP contribution in [0.2, 0.25) is 5.02 Å². The van der Waals surface area contributed by atoms with Crippen LogP contribution < -0.4 is 5.56 Å². The molecule has 0 atom stereocenters. The molecule has 0 saturated heterocycles. The zero-order chi connectivity index (χ0) is 25.5. The van der Waals surface area contributed by atoms with E-state index in [1.807, 2.05) is 6.92 Å². The zero-order valence-corrected chi connectivity index (χ0v) is 19.5. The highest BCUT2D eigenvalue weighted by atomic mass is 35.5. The van der Waals surface area contributed by atoms with Crippen molar-refractivity contribution >= 4 is 22.9 Å². The number of pyridine rings is 1. The van der Waals surface area contributed by atoms with Crippen LogP contribution >= 0.6 is 22.9 Å². The Labute approximate surface area is 205 Å². The first-order chi connectivity index (χ1) is 16.5. The molecular weight excluding hydrogens is 507 g/mol. The van der Waals surface area contributed by atoms with Crippen LogP contribution in [0, 0.1) is 29.9 Å². The van der Waals surface area contributed by atoms with Gasteiger partial charge in [-0.25, -0.2) is 8.78 Å². The van der Waals surface area contributed by atoms with Crippen molar-refractivity contribution in [3.63, 3.8) is 0 Å². The summed E-state index contributed by atoms with van der Waals surface area (Å²) in [7, 11) is 0. The third-order valence-corrected chi connectivity index (χ3v) is 6.78. The number of benzene rings is 2. The van der Waals surface area contributed by atoms with Gasteiger partial charge in [-0.3, -0.25) is 4.79 Å². The highest BCUT2D eigenvalue weighted by molar-refractivity contribution is 7.14. The van der Waals surface area contributed by atoms with E-state index in [0.29, 0.717) is 28.3 Å². The Morgan fingerprint density at radius 2 is 1.80 bits per heavy atom. The number of aromatic nitrogens is 1. The SMILES string of the molecule is Cc1ccc(-c2csc(-c3cc(C(F)(F)F)c(C#N)c(=O)n3Cc3ccc(F)cc3F)c2)cc1Cl. The van der Waals surface area contributed by atoms with Gasteiger partial charge in [-0.05, 0) is 53.3 Å². The molecule has 0 amide bonds. The zero-order valence-electron chi connectivity index (χ0n) is 17.9. The van der Waals surface area contributed by atoms with Crippen molar-refractivity contribution in [3.05, 3.63) is 103 Å². The third kappa shape index (κ3) is 4.85. The fourth-order valence-corrected chi connectivity index (χ4v) is 4.68. The van der Waals surface area contributed by atoms with Crippen molar-refractivity contribution in [3.8, 4) is 27.8 Å². The van der Waals surface area contributed by atoms with Crippen LogP contribution in [-0.4, -0.2) is 4.57 Å². The predicted molar refractivity (Wildman–Crippen MR) is 124 cm³/mol. The number of nitrogens with zero attached hydrogens (tertiary/aromatic N) is 2. The van der Waals surface area contributed by atoms with Gasteiger partial charge in [0.15, 0.2) is 0 Å². The quantitative estimate of drug-likeness (QED) is 0.263. The van der Waals surface area contributed by atoms with E-state index in [1.54, 1.807) is 29.6 Å². The van der Waals surface area contributed by atoms with Gasteiger partial charge in [0.1, 0.15) is 23.3 Å². The average Bonchev–Trinajstić information content (AvgIpc) is 3.27. The molecule has 0 radical (unpaired) electrons. The topological polar surface area (TPSA) is 45.8 Å². The normalized spacial score (nSPS) is 11.5. The van der Waals surface area contributed by atoms with E-state index >= 15 is 0 Å². The van der Waals surface area contributed by atoms with Crippen LogP contribution in [0.15, 0.2) is 58.7 Å². The molecule has 10 heteroatoms. The van der Waals surface area contributed by atoms with Crippen LogP contribution in [0.3, 0.4) is 0 Å². The van der Waals surface area contributed by atoms with Crippen LogP contribution in [0.4, 0.5) is 22.0 Å². The summed E-state index contributed by atoms with van der Waals surface area (Å²) in [6, 6.07) is 11.6. The van der Waals surface area contributed by atoms with E-state index in [9.17, 15) is 32.0 Å². The maximum atomic E-state index is 14.3. The Hall–Kier alpha value is -3.48. The van der Waals surface area contributed by atoms with Crippen LogP contribution in [0.1, 0.15) is 22.3 Å². The van der Waals surface area contributed by atoms with Gasteiger partial charge in [-0.2, -0.15) is 18.4 Å². The van der Waals surface area contributed by atoms with E-state index < -0.39 is 41.0 Å². The van der Waals surface area contributed by atoms with Gasteiger partial charge in [0, 0.05) is 16.7 Å². The lowest BCUT2D eigenvalue weighted by atomic mass is 10.0. The molecular formula is C25H14ClF5N2OS. The molecule has 2 heterocycles. The van der Waals surface area contributed by atoms with E-state index in [2.05, 4.69) is 0 Å². The molecule has 0 bridgehead atoms. The van der Waals surface area contributed by atoms with E-state index in [1.165, 1.54) is 6.07 Å². The minimum Gasteiger partial charge on any atom is -0.302 e. The number of hydrogen-bond acceptors (Lipinski definition) is 3. The Bertz CT molecular complexity index is 1550. The summed E-state index contributed by atoms with van der Waals surface area (Å²) in [5, 5.41) is 11.5. The number of aryl methyl sites for hydroxylation is 1.